The standard InChI is InChI=1S/C17H8At2N2/c18-13-5-1-3-10-7-11-4-2-6-14(19)16(11)17(15(10)13)12(8-20)9-21/h1-7,12H. The van der Waals surface area contributed by atoms with Gasteiger partial charge >= 0.3 is 154 Å². The van der Waals surface area contributed by atoms with Crippen LogP contribution in [-0.4, -0.2) is 0 Å². The minimum atomic E-state index is -0.734. The number of nitriles is 2. The van der Waals surface area contributed by atoms with Gasteiger partial charge in [-0.15, -0.1) is 0 Å². The van der Waals surface area contributed by atoms with Gasteiger partial charge < -0.3 is 0 Å². The van der Waals surface area contributed by atoms with Crippen molar-refractivity contribution in [2.75, 3.05) is 0 Å². The summed E-state index contributed by atoms with van der Waals surface area (Å²) >= 11 is 3.16. The molecule has 0 atom stereocenters. The molecule has 0 bridgehead atoms. The van der Waals surface area contributed by atoms with Crippen molar-refractivity contribution in [3.8, 4) is 12.1 Å². The Kier molecular flexibility index (Phi) is 4.22. The van der Waals surface area contributed by atoms with Crippen LogP contribution in [0, 0.1) is 72.1 Å². The average Bonchev–Trinajstić information content (AvgIpc) is 2.48. The van der Waals surface area contributed by atoms with E-state index in [1.165, 1.54) is 0 Å². The molecule has 0 unspecified atom stereocenters. The Labute approximate surface area is 153 Å². The summed E-state index contributed by atoms with van der Waals surface area (Å²) in [5.41, 5.74) is 0.878. The zero-order chi connectivity index (χ0) is 15.0. The molecule has 0 spiro atoms. The first-order valence-electron chi connectivity index (χ1n) is 6.26. The molecule has 0 saturated carbocycles. The minimum absolute atomic E-state index is 0.734. The fraction of sp³-hybridized carbons (Fsp3) is 0.0588. The van der Waals surface area contributed by atoms with E-state index in [1.54, 1.807) is 49.4 Å². The van der Waals surface area contributed by atoms with E-state index in [1.807, 2.05) is 12.1 Å². The van der Waals surface area contributed by atoms with Crippen molar-refractivity contribution in [2.45, 2.75) is 5.92 Å². The molecule has 3 rings (SSSR count). The summed E-state index contributed by atoms with van der Waals surface area (Å²) in [5.74, 6) is -0.734. The van der Waals surface area contributed by atoms with Crippen LogP contribution >= 0.6 is 0 Å². The van der Waals surface area contributed by atoms with Gasteiger partial charge in [0.15, 0.2) is 0 Å². The van der Waals surface area contributed by atoms with Gasteiger partial charge in [0, 0.05) is 0 Å². The van der Waals surface area contributed by atoms with E-state index in [9.17, 15) is 10.5 Å². The molecule has 4 heteroatoms. The van der Waals surface area contributed by atoms with Crippen LogP contribution in [-0.2, 0) is 0 Å². The van der Waals surface area contributed by atoms with E-state index in [-0.39, 0.29) is 0 Å². The second-order valence-electron chi connectivity index (χ2n) is 4.66. The second-order valence-corrected chi connectivity index (χ2v) is 7.82. The van der Waals surface area contributed by atoms with E-state index < -0.39 is 5.92 Å². The quantitative estimate of drug-likeness (QED) is 0.377. The van der Waals surface area contributed by atoms with Crippen molar-refractivity contribution in [2.24, 2.45) is 0 Å². The van der Waals surface area contributed by atoms with Crippen molar-refractivity contribution in [3.63, 3.8) is 0 Å². The Hall–Kier alpha value is -1.07. The third-order valence-electron chi connectivity index (χ3n) is 3.49. The molecule has 0 aromatic heterocycles. The SMILES string of the molecule is N#CC(C#N)c1c2c([At])cccc2cc2cccc([At])c12. The van der Waals surface area contributed by atoms with E-state index in [0.717, 1.165) is 33.7 Å². The molecular weight excluding hydrogens is 652 g/mol. The number of rotatable bonds is 1. The number of hydrogen-bond acceptors (Lipinski definition) is 2. The molecule has 3 aromatic rings. The monoisotopic (exact) mass is 660 g/mol. The Bertz CT molecular complexity index is 875. The van der Waals surface area contributed by atoms with Crippen LogP contribution in [0.15, 0.2) is 42.5 Å². The zero-order valence-corrected chi connectivity index (χ0v) is 16.6. The molecule has 21 heavy (non-hydrogen) atoms. The van der Waals surface area contributed by atoms with Gasteiger partial charge in [0.2, 0.25) is 0 Å². The van der Waals surface area contributed by atoms with Crippen molar-refractivity contribution in [1.29, 1.82) is 10.5 Å². The van der Waals surface area contributed by atoms with Crippen molar-refractivity contribution >= 4 is 28.1 Å². The molecule has 0 aliphatic carbocycles. The topological polar surface area (TPSA) is 47.6 Å². The normalized spacial score (nSPS) is 10.7. The number of fused-ring (bicyclic) bond motifs is 2. The van der Waals surface area contributed by atoms with Crippen LogP contribution in [0.25, 0.3) is 21.5 Å². The van der Waals surface area contributed by atoms with Gasteiger partial charge in [-0.05, 0) is 0 Å². The van der Waals surface area contributed by atoms with Crippen LogP contribution in [0.1, 0.15) is 11.5 Å². The molecule has 0 N–H and O–H groups in total. The van der Waals surface area contributed by atoms with Gasteiger partial charge in [0.05, 0.1) is 0 Å². The first-order chi connectivity index (χ1) is 10.2. The van der Waals surface area contributed by atoms with Gasteiger partial charge in [-0.2, -0.15) is 0 Å². The summed E-state index contributed by atoms with van der Waals surface area (Å²) in [7, 11) is 0. The molecule has 2 nitrogen and oxygen atoms in total. The maximum absolute atomic E-state index is 9.42. The summed E-state index contributed by atoms with van der Waals surface area (Å²) in [6.07, 6.45) is 0. The third-order valence-corrected chi connectivity index (χ3v) is 5.94. The molecule has 100 valence electrons. The first-order valence-corrected chi connectivity index (χ1v) is 9.20. The zero-order valence-electron chi connectivity index (χ0n) is 10.8. The fourth-order valence-corrected chi connectivity index (χ4v) is 4.84. The summed E-state index contributed by atoms with van der Waals surface area (Å²) in [4.78, 5) is 0. The first kappa shape index (κ1) is 14.8. The number of benzene rings is 3. The van der Waals surface area contributed by atoms with Gasteiger partial charge in [-0.1, -0.05) is 0 Å². The predicted octanol–water partition coefficient (Wildman–Crippen LogP) is 2.47. The maximum atomic E-state index is 9.42. The fourth-order valence-electron chi connectivity index (χ4n) is 2.63. The Morgan fingerprint density at radius 1 is 0.810 bits per heavy atom. The molecule has 0 amide bonds. The van der Waals surface area contributed by atoms with Crippen LogP contribution < -0.4 is 6.54 Å². The van der Waals surface area contributed by atoms with Crippen molar-refractivity contribution in [1.82, 2.24) is 0 Å². The molecule has 0 saturated heterocycles. The van der Waals surface area contributed by atoms with Crippen molar-refractivity contribution in [3.05, 3.63) is 48.0 Å². The Morgan fingerprint density at radius 3 is 1.71 bits per heavy atom. The van der Waals surface area contributed by atoms with Crippen LogP contribution in [0.4, 0.5) is 0 Å². The summed E-state index contributed by atoms with van der Waals surface area (Å²) < 4.78 is 2.32. The van der Waals surface area contributed by atoms with Crippen LogP contribution in [0.3, 0.4) is 0 Å². The van der Waals surface area contributed by atoms with Gasteiger partial charge in [0.25, 0.3) is 0 Å². The Balaban J connectivity index is 2.65. The molecule has 0 fully saturated rings. The molecule has 0 radical (unpaired) electrons. The van der Waals surface area contributed by atoms with E-state index in [2.05, 4.69) is 42.5 Å². The summed E-state index contributed by atoms with van der Waals surface area (Å²) in [6, 6.07) is 18.8. The number of hydrogen-bond donors (Lipinski definition) is 0. The van der Waals surface area contributed by atoms with Gasteiger partial charge in [-0.3, -0.25) is 0 Å². The molecule has 3 aromatic carbocycles. The van der Waals surface area contributed by atoms with Crippen LogP contribution in [0.2, 0.25) is 0 Å². The van der Waals surface area contributed by atoms with Crippen molar-refractivity contribution < 1.29 is 49.4 Å². The summed E-state index contributed by atoms with van der Waals surface area (Å²) in [6.45, 7) is 0. The number of nitrogens with zero attached hydrogens (tertiary/aromatic N) is 2. The van der Waals surface area contributed by atoms with E-state index in [0.29, 0.717) is 0 Å². The van der Waals surface area contributed by atoms with Gasteiger partial charge in [0.1, 0.15) is 0 Å². The third kappa shape index (κ3) is 2.46. The molecule has 0 heterocycles. The summed E-state index contributed by atoms with van der Waals surface area (Å²) in [5, 5.41) is 23.2. The van der Waals surface area contributed by atoms with Crippen LogP contribution in [0.5, 0.6) is 0 Å². The molecule has 0 aliphatic rings. The van der Waals surface area contributed by atoms with E-state index in [4.69, 9.17) is 0 Å². The van der Waals surface area contributed by atoms with Gasteiger partial charge in [-0.25, -0.2) is 0 Å². The average molecular weight is 660 g/mol. The molecule has 0 aliphatic heterocycles. The predicted molar refractivity (Wildman–Crippen MR) is 74.7 cm³/mol. The second kappa shape index (κ2) is 5.97. The molecular formula is C17H8At2N2. The van der Waals surface area contributed by atoms with E-state index >= 15 is 0 Å². The Morgan fingerprint density at radius 2 is 1.29 bits per heavy atom.